The molecule has 4 heterocycles. The highest BCUT2D eigenvalue weighted by Crippen LogP contribution is 2.56. The fourth-order valence-corrected chi connectivity index (χ4v) is 18.6. The number of para-hydroxylation sites is 3. The van der Waals surface area contributed by atoms with Crippen molar-refractivity contribution in [3.8, 4) is 44.5 Å². The maximum atomic E-state index is 6.77. The van der Waals surface area contributed by atoms with Crippen LogP contribution in [0.1, 0.15) is 25.0 Å². The standard InChI is InChI=1S/C61H47NO2Si2/c1-61(2)47-31-38(26-28-41(47)56-48(61)33-44(36-17-9-7-10-18-36)60-59(56)43-22-14-16-24-50(43)64-60)62(37-19-11-8-12-20-37)39-25-27-40-45-34-55-46(35-54(45)66(5,6)53(40)32-39)58-52(65(55,3)4)30-29-51-57(58)42-21-13-15-23-49(42)63-51/h7-35H,1-6H3. The Morgan fingerprint density at radius 3 is 1.74 bits per heavy atom. The first kappa shape index (κ1) is 38.1. The summed E-state index contributed by atoms with van der Waals surface area (Å²) in [5, 5.41) is 11.0. The zero-order chi connectivity index (χ0) is 44.4. The second kappa shape index (κ2) is 13.0. The highest BCUT2D eigenvalue weighted by molar-refractivity contribution is 7.06. The highest BCUT2D eigenvalue weighted by atomic mass is 28.3. The SMILES string of the molecule is CC1(C)c2cc(N(c3ccccc3)c3ccc4c(c3)[Si](C)(C)c3cc5c(cc3-4)[Si](C)(C)c3ccc4oc6ccccc6c4c3-5)ccc2-c2c1cc(-c1ccccc1)c1oc3ccccc3c21. The quantitative estimate of drug-likeness (QED) is 0.165. The van der Waals surface area contributed by atoms with Crippen LogP contribution >= 0.6 is 0 Å². The molecular weight excluding hydrogens is 835 g/mol. The van der Waals surface area contributed by atoms with Crippen molar-refractivity contribution in [3.05, 3.63) is 187 Å². The molecule has 5 heteroatoms. The number of benzene rings is 9. The minimum atomic E-state index is -2.18. The van der Waals surface area contributed by atoms with Gasteiger partial charge in [-0.1, -0.05) is 155 Å². The molecule has 66 heavy (non-hydrogen) atoms. The van der Waals surface area contributed by atoms with E-state index in [0.29, 0.717) is 0 Å². The monoisotopic (exact) mass is 881 g/mol. The predicted octanol–water partition coefficient (Wildman–Crippen LogP) is 14.5. The third-order valence-electron chi connectivity index (χ3n) is 15.8. The molecule has 9 aromatic carbocycles. The van der Waals surface area contributed by atoms with Gasteiger partial charge in [-0.15, -0.1) is 0 Å². The molecular formula is C61H47NO2Si2. The molecule has 3 aliphatic rings. The average Bonchev–Trinajstić information content (AvgIpc) is 4.08. The first-order valence-corrected chi connectivity index (χ1v) is 29.3. The van der Waals surface area contributed by atoms with E-state index in [0.717, 1.165) is 44.7 Å². The predicted molar refractivity (Wildman–Crippen MR) is 283 cm³/mol. The van der Waals surface area contributed by atoms with Gasteiger partial charge in [-0.05, 0) is 131 Å². The van der Waals surface area contributed by atoms with Crippen LogP contribution in [0.3, 0.4) is 0 Å². The van der Waals surface area contributed by atoms with Gasteiger partial charge in [-0.2, -0.15) is 0 Å². The van der Waals surface area contributed by atoms with Gasteiger partial charge in [0.2, 0.25) is 0 Å². The molecule has 0 saturated heterocycles. The van der Waals surface area contributed by atoms with Gasteiger partial charge in [0, 0.05) is 49.6 Å². The van der Waals surface area contributed by atoms with Gasteiger partial charge in [0.15, 0.2) is 0 Å². The third-order valence-corrected chi connectivity index (χ3v) is 22.9. The van der Waals surface area contributed by atoms with Gasteiger partial charge in [0.05, 0.1) is 0 Å². The first-order chi connectivity index (χ1) is 32.0. The normalized spacial score (nSPS) is 15.5. The van der Waals surface area contributed by atoms with E-state index in [1.54, 1.807) is 5.19 Å². The highest BCUT2D eigenvalue weighted by Gasteiger charge is 2.45. The van der Waals surface area contributed by atoms with Gasteiger partial charge < -0.3 is 13.7 Å². The molecule has 1 aliphatic carbocycles. The van der Waals surface area contributed by atoms with Crippen LogP contribution in [0.4, 0.5) is 17.1 Å². The van der Waals surface area contributed by atoms with E-state index >= 15 is 0 Å². The van der Waals surface area contributed by atoms with E-state index in [9.17, 15) is 0 Å². The summed E-state index contributed by atoms with van der Waals surface area (Å²) in [6.45, 7) is 15.0. The Bertz CT molecular complexity index is 3910. The van der Waals surface area contributed by atoms with Crippen molar-refractivity contribution < 1.29 is 8.83 Å². The number of fused-ring (bicyclic) bond motifs is 17. The second-order valence-electron chi connectivity index (χ2n) is 20.4. The Morgan fingerprint density at radius 2 is 0.985 bits per heavy atom. The maximum Gasteiger partial charge on any atom is 0.143 e. The van der Waals surface area contributed by atoms with Crippen molar-refractivity contribution in [2.24, 2.45) is 0 Å². The van der Waals surface area contributed by atoms with E-state index < -0.39 is 16.1 Å². The van der Waals surface area contributed by atoms with Crippen molar-refractivity contribution in [2.45, 2.75) is 45.5 Å². The molecule has 0 radical (unpaired) electrons. The molecule has 14 rings (SSSR count). The molecule has 2 aromatic heterocycles. The molecule has 0 fully saturated rings. The van der Waals surface area contributed by atoms with Crippen LogP contribution in [0.2, 0.25) is 26.2 Å². The van der Waals surface area contributed by atoms with Crippen molar-refractivity contribution in [3.63, 3.8) is 0 Å². The smallest absolute Gasteiger partial charge is 0.143 e. The molecule has 316 valence electrons. The van der Waals surface area contributed by atoms with Crippen LogP contribution in [0, 0.1) is 0 Å². The van der Waals surface area contributed by atoms with E-state index in [1.165, 1.54) is 87.5 Å². The van der Waals surface area contributed by atoms with Crippen LogP contribution in [-0.2, 0) is 5.41 Å². The van der Waals surface area contributed by atoms with Gasteiger partial charge in [-0.3, -0.25) is 0 Å². The fourth-order valence-electron chi connectivity index (χ4n) is 12.5. The van der Waals surface area contributed by atoms with Crippen molar-refractivity contribution >= 4 is 97.8 Å². The lowest BCUT2D eigenvalue weighted by molar-refractivity contribution is 0.657. The molecule has 0 unspecified atom stereocenters. The van der Waals surface area contributed by atoms with Crippen LogP contribution in [-0.4, -0.2) is 16.1 Å². The molecule has 0 amide bonds. The Balaban J connectivity index is 0.927. The summed E-state index contributed by atoms with van der Waals surface area (Å²) in [5.74, 6) is 0. The summed E-state index contributed by atoms with van der Waals surface area (Å²) >= 11 is 0. The number of hydrogen-bond donors (Lipinski definition) is 0. The summed E-state index contributed by atoms with van der Waals surface area (Å²) < 4.78 is 13.2. The lowest BCUT2D eigenvalue weighted by atomic mass is 9.81. The van der Waals surface area contributed by atoms with Crippen LogP contribution in [0.25, 0.3) is 88.4 Å². The van der Waals surface area contributed by atoms with E-state index in [1.807, 2.05) is 0 Å². The van der Waals surface area contributed by atoms with Crippen molar-refractivity contribution in [2.75, 3.05) is 4.90 Å². The summed E-state index contributed by atoms with van der Waals surface area (Å²) in [6.07, 6.45) is 0. The van der Waals surface area contributed by atoms with Gasteiger partial charge in [-0.25, -0.2) is 0 Å². The third kappa shape index (κ3) is 4.91. The molecule has 11 aromatic rings. The fraction of sp³-hybridized carbons (Fsp3) is 0.115. The molecule has 0 bridgehead atoms. The first-order valence-electron chi connectivity index (χ1n) is 23.3. The minimum Gasteiger partial charge on any atom is -0.456 e. The van der Waals surface area contributed by atoms with Crippen LogP contribution in [0.15, 0.2) is 185 Å². The van der Waals surface area contributed by atoms with E-state index in [4.69, 9.17) is 8.83 Å². The van der Waals surface area contributed by atoms with Crippen LogP contribution < -0.4 is 25.6 Å². The molecule has 0 N–H and O–H groups in total. The molecule has 0 spiro atoms. The molecule has 0 atom stereocenters. The lowest BCUT2D eigenvalue weighted by Gasteiger charge is -2.29. The second-order valence-corrected chi connectivity index (χ2v) is 29.1. The lowest BCUT2D eigenvalue weighted by Crippen LogP contribution is -2.51. The van der Waals surface area contributed by atoms with Crippen LogP contribution in [0.5, 0.6) is 0 Å². The molecule has 0 saturated carbocycles. The topological polar surface area (TPSA) is 29.5 Å². The van der Waals surface area contributed by atoms with Gasteiger partial charge >= 0.3 is 0 Å². The summed E-state index contributed by atoms with van der Waals surface area (Å²) in [6, 6.07) is 65.5. The summed E-state index contributed by atoms with van der Waals surface area (Å²) in [7, 11) is -4.19. The number of furan rings is 2. The van der Waals surface area contributed by atoms with Gasteiger partial charge in [0.25, 0.3) is 0 Å². The zero-order valence-electron chi connectivity index (χ0n) is 38.0. The van der Waals surface area contributed by atoms with Gasteiger partial charge in [0.1, 0.15) is 38.5 Å². The van der Waals surface area contributed by atoms with Crippen molar-refractivity contribution in [1.82, 2.24) is 0 Å². The Morgan fingerprint density at radius 1 is 0.394 bits per heavy atom. The molecule has 2 aliphatic heterocycles. The van der Waals surface area contributed by atoms with Crippen molar-refractivity contribution in [1.29, 1.82) is 0 Å². The Hall–Kier alpha value is -7.19. The Kier molecular flexibility index (Phi) is 7.51. The maximum absolute atomic E-state index is 6.77. The largest absolute Gasteiger partial charge is 0.456 e. The average molecular weight is 882 g/mol. The van der Waals surface area contributed by atoms with E-state index in [2.05, 4.69) is 221 Å². The number of nitrogens with zero attached hydrogens (tertiary/aromatic N) is 1. The van der Waals surface area contributed by atoms with E-state index in [-0.39, 0.29) is 5.41 Å². The Labute approximate surface area is 386 Å². The number of anilines is 3. The summed E-state index contributed by atoms with van der Waals surface area (Å²) in [4.78, 5) is 2.48. The minimum absolute atomic E-state index is 0.266. The number of rotatable bonds is 4. The zero-order valence-corrected chi connectivity index (χ0v) is 40.0. The summed E-state index contributed by atoms with van der Waals surface area (Å²) in [5.41, 5.74) is 20.3. The molecule has 3 nitrogen and oxygen atoms in total. The number of hydrogen-bond acceptors (Lipinski definition) is 3.